The molecule has 0 saturated heterocycles. The first-order valence-electron chi connectivity index (χ1n) is 8.20. The number of nitrogens with one attached hydrogen (secondary N) is 3. The maximum absolute atomic E-state index is 12.1. The molecule has 0 aliphatic heterocycles. The molecule has 7 heteroatoms. The highest BCUT2D eigenvalue weighted by atomic mass is 32.1. The lowest BCUT2D eigenvalue weighted by atomic mass is 10.1. The van der Waals surface area contributed by atoms with E-state index in [1.807, 2.05) is 11.4 Å². The molecule has 0 saturated carbocycles. The lowest BCUT2D eigenvalue weighted by molar-refractivity contribution is 0.0846. The van der Waals surface area contributed by atoms with Crippen molar-refractivity contribution in [2.75, 3.05) is 0 Å². The zero-order valence-electron chi connectivity index (χ0n) is 14.3. The van der Waals surface area contributed by atoms with E-state index in [-0.39, 0.29) is 5.91 Å². The summed E-state index contributed by atoms with van der Waals surface area (Å²) < 4.78 is 0. The summed E-state index contributed by atoms with van der Waals surface area (Å²) in [5.41, 5.74) is 6.47. The summed E-state index contributed by atoms with van der Waals surface area (Å²) in [6, 6.07) is 19.0. The van der Waals surface area contributed by atoms with Gasteiger partial charge in [0, 0.05) is 17.7 Å². The van der Waals surface area contributed by atoms with Crippen LogP contribution in [-0.2, 0) is 6.54 Å². The van der Waals surface area contributed by atoms with Crippen LogP contribution in [0.5, 0.6) is 0 Å². The van der Waals surface area contributed by atoms with Crippen LogP contribution in [-0.4, -0.2) is 17.7 Å². The van der Waals surface area contributed by atoms with Gasteiger partial charge in [-0.1, -0.05) is 36.4 Å². The summed E-state index contributed by atoms with van der Waals surface area (Å²) in [5.74, 6) is -0.944. The van der Waals surface area contributed by atoms with Crippen molar-refractivity contribution in [1.82, 2.24) is 16.2 Å². The highest BCUT2D eigenvalue weighted by Gasteiger charge is 2.09. The molecule has 136 valence electrons. The highest BCUT2D eigenvalue weighted by molar-refractivity contribution is 7.12. The SMILES string of the molecule is O=C(NNC(=O)c1ccc(CNC(=O)c2cccs2)cc1)c1ccccc1. The van der Waals surface area contributed by atoms with Crippen molar-refractivity contribution in [2.24, 2.45) is 0 Å². The van der Waals surface area contributed by atoms with Gasteiger partial charge in [0.25, 0.3) is 17.7 Å². The Bertz CT molecular complexity index is 923. The van der Waals surface area contributed by atoms with Crippen LogP contribution in [0.15, 0.2) is 72.1 Å². The van der Waals surface area contributed by atoms with E-state index in [2.05, 4.69) is 16.2 Å². The maximum atomic E-state index is 12.1. The zero-order chi connectivity index (χ0) is 19.1. The van der Waals surface area contributed by atoms with Crippen molar-refractivity contribution in [2.45, 2.75) is 6.54 Å². The molecule has 0 spiro atoms. The number of hydrazine groups is 1. The van der Waals surface area contributed by atoms with Crippen LogP contribution in [0.25, 0.3) is 0 Å². The molecule has 0 aliphatic rings. The molecular weight excluding hydrogens is 362 g/mol. The van der Waals surface area contributed by atoms with Gasteiger partial charge in [-0.15, -0.1) is 11.3 Å². The van der Waals surface area contributed by atoms with Crippen LogP contribution in [0.3, 0.4) is 0 Å². The number of benzene rings is 2. The molecule has 1 aromatic heterocycles. The van der Waals surface area contributed by atoms with Crippen molar-refractivity contribution < 1.29 is 14.4 Å². The fourth-order valence-corrected chi connectivity index (χ4v) is 2.94. The van der Waals surface area contributed by atoms with Gasteiger partial charge in [-0.3, -0.25) is 25.2 Å². The minimum Gasteiger partial charge on any atom is -0.347 e. The first-order chi connectivity index (χ1) is 13.1. The molecule has 0 radical (unpaired) electrons. The van der Waals surface area contributed by atoms with Gasteiger partial charge in [-0.25, -0.2) is 0 Å². The van der Waals surface area contributed by atoms with E-state index in [0.717, 1.165) is 5.56 Å². The van der Waals surface area contributed by atoms with E-state index in [1.165, 1.54) is 11.3 Å². The van der Waals surface area contributed by atoms with Gasteiger partial charge < -0.3 is 5.32 Å². The predicted molar refractivity (Wildman–Crippen MR) is 103 cm³/mol. The van der Waals surface area contributed by atoms with Crippen molar-refractivity contribution >= 4 is 29.1 Å². The first kappa shape index (κ1) is 18.3. The summed E-state index contributed by atoms with van der Waals surface area (Å²) in [5, 5.41) is 4.67. The van der Waals surface area contributed by atoms with E-state index in [0.29, 0.717) is 22.5 Å². The molecule has 3 N–H and O–H groups in total. The number of carbonyl (C=O) groups excluding carboxylic acids is 3. The number of hydrogen-bond acceptors (Lipinski definition) is 4. The zero-order valence-corrected chi connectivity index (χ0v) is 15.1. The molecule has 2 aromatic carbocycles. The minimum atomic E-state index is -0.423. The molecule has 0 bridgehead atoms. The Kier molecular flexibility index (Phi) is 5.96. The van der Waals surface area contributed by atoms with Crippen LogP contribution in [0.4, 0.5) is 0 Å². The average molecular weight is 379 g/mol. The molecule has 6 nitrogen and oxygen atoms in total. The van der Waals surface area contributed by atoms with Gasteiger partial charge in [0.05, 0.1) is 4.88 Å². The third-order valence-corrected chi connectivity index (χ3v) is 4.61. The Morgan fingerprint density at radius 2 is 1.33 bits per heavy atom. The normalized spacial score (nSPS) is 10.1. The molecule has 3 aromatic rings. The number of amides is 3. The van der Waals surface area contributed by atoms with Gasteiger partial charge in [-0.05, 0) is 41.3 Å². The Labute approximate surface area is 160 Å². The molecule has 0 unspecified atom stereocenters. The summed E-state index contributed by atoms with van der Waals surface area (Å²) in [6.45, 7) is 0.364. The lowest BCUT2D eigenvalue weighted by Gasteiger charge is -2.08. The number of hydrogen-bond donors (Lipinski definition) is 3. The molecular formula is C20H17N3O3S. The van der Waals surface area contributed by atoms with Crippen LogP contribution in [0.2, 0.25) is 0 Å². The third kappa shape index (κ3) is 5.02. The summed E-state index contributed by atoms with van der Waals surface area (Å²) >= 11 is 1.38. The monoisotopic (exact) mass is 379 g/mol. The molecule has 0 fully saturated rings. The fourth-order valence-electron chi connectivity index (χ4n) is 2.30. The minimum absolute atomic E-state index is 0.129. The Balaban J connectivity index is 1.50. The second-order valence-corrected chi connectivity index (χ2v) is 6.58. The smallest absolute Gasteiger partial charge is 0.269 e. The van der Waals surface area contributed by atoms with Crippen LogP contribution >= 0.6 is 11.3 Å². The largest absolute Gasteiger partial charge is 0.347 e. The van der Waals surface area contributed by atoms with E-state index >= 15 is 0 Å². The second-order valence-electron chi connectivity index (χ2n) is 5.63. The third-order valence-electron chi connectivity index (χ3n) is 3.74. The predicted octanol–water partition coefficient (Wildman–Crippen LogP) is 2.75. The Morgan fingerprint density at radius 1 is 0.704 bits per heavy atom. The van der Waals surface area contributed by atoms with E-state index < -0.39 is 11.8 Å². The lowest BCUT2D eigenvalue weighted by Crippen LogP contribution is -2.41. The van der Waals surface area contributed by atoms with Crippen LogP contribution in [0, 0.1) is 0 Å². The number of rotatable bonds is 5. The van der Waals surface area contributed by atoms with Crippen molar-refractivity contribution in [3.63, 3.8) is 0 Å². The Morgan fingerprint density at radius 3 is 1.93 bits per heavy atom. The number of thiophene rings is 1. The van der Waals surface area contributed by atoms with Gasteiger partial charge in [0.2, 0.25) is 0 Å². The van der Waals surface area contributed by atoms with Gasteiger partial charge in [0.15, 0.2) is 0 Å². The van der Waals surface area contributed by atoms with Crippen molar-refractivity contribution in [1.29, 1.82) is 0 Å². The summed E-state index contributed by atoms with van der Waals surface area (Å²) in [4.78, 5) is 36.6. The standard InChI is InChI=1S/C20H17N3O3S/c24-18(15-5-2-1-3-6-15)22-23-19(25)16-10-8-14(9-11-16)13-21-20(26)17-7-4-12-27-17/h1-12H,13H2,(H,21,26)(H,22,24)(H,23,25). The van der Waals surface area contributed by atoms with Gasteiger partial charge in [0.1, 0.15) is 0 Å². The molecule has 1 heterocycles. The topological polar surface area (TPSA) is 87.3 Å². The summed E-state index contributed by atoms with van der Waals surface area (Å²) in [6.07, 6.45) is 0. The number of carbonyl (C=O) groups is 3. The van der Waals surface area contributed by atoms with Crippen molar-refractivity contribution in [3.05, 3.63) is 93.7 Å². The van der Waals surface area contributed by atoms with Crippen LogP contribution < -0.4 is 16.2 Å². The molecule has 0 atom stereocenters. The second kappa shape index (κ2) is 8.77. The molecule has 27 heavy (non-hydrogen) atoms. The van der Waals surface area contributed by atoms with E-state index in [1.54, 1.807) is 60.7 Å². The molecule has 0 aliphatic carbocycles. The molecule has 3 amide bonds. The quantitative estimate of drug-likeness (QED) is 0.596. The van der Waals surface area contributed by atoms with Gasteiger partial charge >= 0.3 is 0 Å². The molecule has 3 rings (SSSR count). The average Bonchev–Trinajstić information content (AvgIpc) is 3.26. The first-order valence-corrected chi connectivity index (χ1v) is 9.08. The van der Waals surface area contributed by atoms with E-state index in [9.17, 15) is 14.4 Å². The highest BCUT2D eigenvalue weighted by Crippen LogP contribution is 2.09. The fraction of sp³-hybridized carbons (Fsp3) is 0.0500. The summed E-state index contributed by atoms with van der Waals surface area (Å²) in [7, 11) is 0. The van der Waals surface area contributed by atoms with Gasteiger partial charge in [-0.2, -0.15) is 0 Å². The van der Waals surface area contributed by atoms with Crippen LogP contribution in [0.1, 0.15) is 36.0 Å². The van der Waals surface area contributed by atoms with Crippen molar-refractivity contribution in [3.8, 4) is 0 Å². The Hall–Kier alpha value is -3.45. The van der Waals surface area contributed by atoms with E-state index in [4.69, 9.17) is 0 Å². The maximum Gasteiger partial charge on any atom is 0.269 e.